The lowest BCUT2D eigenvalue weighted by atomic mass is 10.1. The molecule has 0 aromatic rings. The van der Waals surface area contributed by atoms with Crippen LogP contribution < -0.4 is 0 Å². The number of hydrogen-bond donors (Lipinski definition) is 0. The lowest BCUT2D eigenvalue weighted by Crippen LogP contribution is -1.81. The first-order valence-electron chi connectivity index (χ1n) is 4.72. The molecular formula is C12H19I. The summed E-state index contributed by atoms with van der Waals surface area (Å²) in [6, 6.07) is 0. The molecular weight excluding hydrogens is 271 g/mol. The van der Waals surface area contributed by atoms with Crippen LogP contribution in [0.2, 0.25) is 0 Å². The van der Waals surface area contributed by atoms with Crippen LogP contribution in [0.4, 0.5) is 0 Å². The highest BCUT2D eigenvalue weighted by Crippen LogP contribution is 2.10. The molecule has 0 amide bonds. The van der Waals surface area contributed by atoms with Gasteiger partial charge in [-0.05, 0) is 37.0 Å². The fourth-order valence-electron chi connectivity index (χ4n) is 1.05. The number of allylic oxidation sites excluding steroid dienone is 4. The molecule has 0 fully saturated rings. The maximum absolute atomic E-state index is 3.88. The third kappa shape index (κ3) is 8.28. The lowest BCUT2D eigenvalue weighted by molar-refractivity contribution is 0.902. The summed E-state index contributed by atoms with van der Waals surface area (Å²) in [7, 11) is 0. The Hall–Kier alpha value is -0.0500. The van der Waals surface area contributed by atoms with Crippen molar-refractivity contribution in [3.8, 4) is 0 Å². The first-order chi connectivity index (χ1) is 6.20. The van der Waals surface area contributed by atoms with E-state index < -0.39 is 0 Å². The Balaban J connectivity index is 3.58. The van der Waals surface area contributed by atoms with Crippen molar-refractivity contribution in [2.45, 2.75) is 32.6 Å². The van der Waals surface area contributed by atoms with E-state index in [1.807, 2.05) is 6.08 Å². The van der Waals surface area contributed by atoms with Crippen LogP contribution >= 0.6 is 22.6 Å². The molecule has 0 aliphatic carbocycles. The average Bonchev–Trinajstić information content (AvgIpc) is 2.14. The molecule has 0 saturated carbocycles. The van der Waals surface area contributed by atoms with Gasteiger partial charge in [-0.1, -0.05) is 59.0 Å². The third-order valence-corrected chi connectivity index (χ3v) is 2.71. The lowest BCUT2D eigenvalue weighted by Gasteiger charge is -1.99. The van der Waals surface area contributed by atoms with E-state index >= 15 is 0 Å². The largest absolute Gasteiger partial charge is 0.0988 e. The van der Waals surface area contributed by atoms with Gasteiger partial charge in [-0.15, -0.1) is 0 Å². The Morgan fingerprint density at radius 3 is 2.62 bits per heavy atom. The molecule has 0 spiro atoms. The van der Waals surface area contributed by atoms with Crippen LogP contribution in [-0.4, -0.2) is 4.43 Å². The van der Waals surface area contributed by atoms with E-state index in [0.29, 0.717) is 0 Å². The van der Waals surface area contributed by atoms with Crippen LogP contribution in [-0.2, 0) is 0 Å². The molecule has 1 heteroatoms. The highest BCUT2D eigenvalue weighted by Gasteiger charge is 1.90. The van der Waals surface area contributed by atoms with Gasteiger partial charge >= 0.3 is 0 Å². The highest BCUT2D eigenvalue weighted by atomic mass is 127. The Kier molecular flexibility index (Phi) is 8.51. The summed E-state index contributed by atoms with van der Waals surface area (Å²) < 4.78 is 1.25. The van der Waals surface area contributed by atoms with Gasteiger partial charge in [0.2, 0.25) is 0 Å². The predicted molar refractivity (Wildman–Crippen MR) is 70.4 cm³/mol. The van der Waals surface area contributed by atoms with Crippen LogP contribution in [0.5, 0.6) is 0 Å². The minimum absolute atomic E-state index is 1.05. The van der Waals surface area contributed by atoms with E-state index in [-0.39, 0.29) is 0 Å². The van der Waals surface area contributed by atoms with E-state index in [0.717, 1.165) is 18.4 Å². The molecule has 0 heterocycles. The van der Waals surface area contributed by atoms with Gasteiger partial charge in [0.1, 0.15) is 0 Å². The molecule has 0 aromatic heterocycles. The maximum Gasteiger partial charge on any atom is -0.000168 e. The molecule has 0 N–H and O–H groups in total. The number of alkyl halides is 1. The Labute approximate surface area is 95.9 Å². The zero-order valence-electron chi connectivity index (χ0n) is 8.48. The number of rotatable bonds is 7. The van der Waals surface area contributed by atoms with Gasteiger partial charge in [0.15, 0.2) is 0 Å². The van der Waals surface area contributed by atoms with Gasteiger partial charge < -0.3 is 0 Å². The van der Waals surface area contributed by atoms with Crippen molar-refractivity contribution in [3.63, 3.8) is 0 Å². The van der Waals surface area contributed by atoms with Crippen molar-refractivity contribution in [2.75, 3.05) is 4.43 Å². The molecule has 0 radical (unpaired) electrons. The molecule has 0 aromatic carbocycles. The zero-order valence-corrected chi connectivity index (χ0v) is 10.6. The van der Waals surface area contributed by atoms with Gasteiger partial charge in [-0.3, -0.25) is 0 Å². The van der Waals surface area contributed by atoms with Gasteiger partial charge in [0.05, 0.1) is 0 Å². The van der Waals surface area contributed by atoms with Crippen molar-refractivity contribution < 1.29 is 0 Å². The molecule has 0 aliphatic rings. The highest BCUT2D eigenvalue weighted by molar-refractivity contribution is 14.1. The zero-order chi connectivity index (χ0) is 10.1. The van der Waals surface area contributed by atoms with E-state index in [9.17, 15) is 0 Å². The minimum Gasteiger partial charge on any atom is -0.0988 e. The second kappa shape index (κ2) is 8.54. The smallest absolute Gasteiger partial charge is 0.000168 e. The first-order valence-corrected chi connectivity index (χ1v) is 6.25. The monoisotopic (exact) mass is 290 g/mol. The summed E-state index contributed by atoms with van der Waals surface area (Å²) in [5, 5.41) is 0. The minimum atomic E-state index is 1.05. The number of halogens is 1. The fraction of sp³-hybridized carbons (Fsp3) is 0.500. The van der Waals surface area contributed by atoms with Crippen LogP contribution in [0.3, 0.4) is 0 Å². The summed E-state index contributed by atoms with van der Waals surface area (Å²) in [5.74, 6) is 0. The second-order valence-electron chi connectivity index (χ2n) is 3.24. The topological polar surface area (TPSA) is 0 Å². The standard InChI is InChI=1S/C12H19I/c1-4-11(2)7-5-8-12(3)9-6-10-13/h4,8H,1-2,5-7,9-10H2,3H3. The van der Waals surface area contributed by atoms with Crippen molar-refractivity contribution >= 4 is 22.6 Å². The van der Waals surface area contributed by atoms with E-state index in [1.54, 1.807) is 0 Å². The van der Waals surface area contributed by atoms with Crippen LogP contribution in [0, 0.1) is 0 Å². The van der Waals surface area contributed by atoms with Gasteiger partial charge in [-0.2, -0.15) is 0 Å². The quantitative estimate of drug-likeness (QED) is 0.276. The van der Waals surface area contributed by atoms with Crippen molar-refractivity contribution in [1.29, 1.82) is 0 Å². The fourth-order valence-corrected chi connectivity index (χ4v) is 1.44. The second-order valence-corrected chi connectivity index (χ2v) is 4.32. The molecule has 0 nitrogen and oxygen atoms in total. The summed E-state index contributed by atoms with van der Waals surface area (Å²) in [6.45, 7) is 9.78. The van der Waals surface area contributed by atoms with E-state index in [2.05, 4.69) is 48.7 Å². The molecule has 0 unspecified atom stereocenters. The number of hydrogen-bond acceptors (Lipinski definition) is 0. The summed E-state index contributed by atoms with van der Waals surface area (Å²) in [4.78, 5) is 0. The summed E-state index contributed by atoms with van der Waals surface area (Å²) >= 11 is 2.42. The predicted octanol–water partition coefficient (Wildman–Crippen LogP) is 4.67. The summed E-state index contributed by atoms with van der Waals surface area (Å²) in [6.07, 6.45) is 8.85. The SMILES string of the molecule is C=CC(=C)CCC=C(C)CCCI. The van der Waals surface area contributed by atoms with Crippen LogP contribution in [0.1, 0.15) is 32.6 Å². The molecule has 0 saturated heterocycles. The Morgan fingerprint density at radius 2 is 2.08 bits per heavy atom. The van der Waals surface area contributed by atoms with Gasteiger partial charge in [-0.25, -0.2) is 0 Å². The Bertz CT molecular complexity index is 189. The molecule has 0 aliphatic heterocycles. The average molecular weight is 290 g/mol. The van der Waals surface area contributed by atoms with Gasteiger partial charge in [0.25, 0.3) is 0 Å². The Morgan fingerprint density at radius 1 is 1.38 bits per heavy atom. The van der Waals surface area contributed by atoms with Crippen molar-refractivity contribution in [2.24, 2.45) is 0 Å². The van der Waals surface area contributed by atoms with E-state index in [4.69, 9.17) is 0 Å². The molecule has 13 heavy (non-hydrogen) atoms. The van der Waals surface area contributed by atoms with Crippen molar-refractivity contribution in [3.05, 3.63) is 36.5 Å². The first kappa shape index (κ1) is 12.9. The summed E-state index contributed by atoms with van der Waals surface area (Å²) in [5.41, 5.74) is 2.64. The van der Waals surface area contributed by atoms with Crippen molar-refractivity contribution in [1.82, 2.24) is 0 Å². The van der Waals surface area contributed by atoms with Crippen LogP contribution in [0.15, 0.2) is 36.5 Å². The van der Waals surface area contributed by atoms with E-state index in [1.165, 1.54) is 22.8 Å². The molecule has 0 atom stereocenters. The van der Waals surface area contributed by atoms with Crippen LogP contribution in [0.25, 0.3) is 0 Å². The normalized spacial score (nSPS) is 11.4. The van der Waals surface area contributed by atoms with Gasteiger partial charge in [0, 0.05) is 0 Å². The third-order valence-electron chi connectivity index (χ3n) is 1.95. The maximum atomic E-state index is 3.88. The molecule has 0 rings (SSSR count). The molecule has 0 bridgehead atoms. The molecule has 74 valence electrons.